The Kier molecular flexibility index (Phi) is 4.39. The Hall–Kier alpha value is -2.33. The molecular formula is C18H14BrNO2. The second-order valence-electron chi connectivity index (χ2n) is 4.83. The Bertz CT molecular complexity index is 710. The predicted octanol–water partition coefficient (Wildman–Crippen LogP) is 5.03. The highest BCUT2D eigenvalue weighted by Gasteiger charge is 2.21. The van der Waals surface area contributed by atoms with Gasteiger partial charge >= 0.3 is 6.09 Å². The lowest BCUT2D eigenvalue weighted by atomic mass is 9.98. The van der Waals surface area contributed by atoms with Crippen LogP contribution in [0.2, 0.25) is 0 Å². The third-order valence-electron chi connectivity index (χ3n) is 3.32. The molecule has 0 N–H and O–H groups in total. The largest absolute Gasteiger partial charge is 0.423 e. The van der Waals surface area contributed by atoms with Crippen LogP contribution in [0.25, 0.3) is 0 Å². The molecule has 110 valence electrons. The summed E-state index contributed by atoms with van der Waals surface area (Å²) in [5, 5.41) is 0. The molecule has 0 radical (unpaired) electrons. The van der Waals surface area contributed by atoms with Crippen LogP contribution in [0.4, 0.5) is 4.79 Å². The van der Waals surface area contributed by atoms with Gasteiger partial charge in [0.05, 0.1) is 0 Å². The molecule has 0 saturated heterocycles. The highest BCUT2D eigenvalue weighted by atomic mass is 79.9. The fourth-order valence-corrected chi connectivity index (χ4v) is 2.85. The maximum absolute atomic E-state index is 12.1. The van der Waals surface area contributed by atoms with Crippen LogP contribution in [0.3, 0.4) is 0 Å². The lowest BCUT2D eigenvalue weighted by molar-refractivity contribution is 0.181. The minimum Gasteiger partial charge on any atom is -0.410 e. The van der Waals surface area contributed by atoms with E-state index in [9.17, 15) is 4.79 Å². The fourth-order valence-electron chi connectivity index (χ4n) is 2.21. The van der Waals surface area contributed by atoms with Crippen LogP contribution in [0.5, 0.6) is 5.75 Å². The summed E-state index contributed by atoms with van der Waals surface area (Å²) in [6.07, 6.45) is 4.99. The minimum atomic E-state index is -0.439. The molecule has 4 heteroatoms. The number of amides is 1. The van der Waals surface area contributed by atoms with Crippen molar-refractivity contribution in [2.75, 3.05) is 0 Å². The lowest BCUT2D eigenvalue weighted by Gasteiger charge is -2.22. The van der Waals surface area contributed by atoms with Gasteiger partial charge in [0.25, 0.3) is 0 Å². The maximum atomic E-state index is 12.1. The van der Waals surface area contributed by atoms with E-state index in [1.54, 1.807) is 24.5 Å². The number of nitrogens with zero attached hydrogens (tertiary/aromatic N) is 1. The van der Waals surface area contributed by atoms with Crippen molar-refractivity contribution in [2.45, 2.75) is 5.92 Å². The number of carbonyl (C=O) groups is 1. The van der Waals surface area contributed by atoms with E-state index in [2.05, 4.69) is 28.1 Å². The number of allylic oxidation sites excluding steroid dienone is 2. The zero-order valence-corrected chi connectivity index (χ0v) is 13.3. The van der Waals surface area contributed by atoms with Crippen LogP contribution < -0.4 is 4.74 Å². The molecule has 0 aliphatic carbocycles. The molecule has 1 aliphatic heterocycles. The molecule has 1 unspecified atom stereocenters. The molecule has 1 heterocycles. The summed E-state index contributed by atoms with van der Waals surface area (Å²) in [6, 6.07) is 19.1. The van der Waals surface area contributed by atoms with Crippen LogP contribution in [-0.2, 0) is 0 Å². The SMILES string of the molecule is O=C(Oc1ccccc1)N1C=CC(c2ccccc2)C(Br)=C1. The highest BCUT2D eigenvalue weighted by Crippen LogP contribution is 2.33. The van der Waals surface area contributed by atoms with Crippen molar-refractivity contribution in [1.82, 2.24) is 4.90 Å². The van der Waals surface area contributed by atoms with E-state index in [4.69, 9.17) is 4.74 Å². The van der Waals surface area contributed by atoms with E-state index in [0.717, 1.165) is 10.0 Å². The molecule has 0 aromatic heterocycles. The highest BCUT2D eigenvalue weighted by molar-refractivity contribution is 9.11. The van der Waals surface area contributed by atoms with Crippen molar-refractivity contribution < 1.29 is 9.53 Å². The van der Waals surface area contributed by atoms with E-state index in [0.29, 0.717) is 5.75 Å². The van der Waals surface area contributed by atoms with Gasteiger partial charge in [-0.25, -0.2) is 4.79 Å². The molecule has 1 atom stereocenters. The number of carbonyl (C=O) groups excluding carboxylic acids is 1. The molecule has 22 heavy (non-hydrogen) atoms. The van der Waals surface area contributed by atoms with Crippen molar-refractivity contribution in [3.8, 4) is 5.75 Å². The first-order chi connectivity index (χ1) is 10.7. The molecule has 2 aromatic carbocycles. The number of ether oxygens (including phenoxy) is 1. The van der Waals surface area contributed by atoms with E-state index < -0.39 is 6.09 Å². The van der Waals surface area contributed by atoms with Crippen LogP contribution >= 0.6 is 15.9 Å². The molecule has 3 nitrogen and oxygen atoms in total. The Balaban J connectivity index is 1.72. The molecule has 3 rings (SSSR count). The van der Waals surface area contributed by atoms with E-state index >= 15 is 0 Å². The van der Waals surface area contributed by atoms with Gasteiger partial charge in [0, 0.05) is 22.8 Å². The number of halogens is 1. The number of hydrogen-bond acceptors (Lipinski definition) is 2. The van der Waals surface area contributed by atoms with Crippen molar-refractivity contribution in [3.63, 3.8) is 0 Å². The molecular weight excluding hydrogens is 342 g/mol. The Morgan fingerprint density at radius 2 is 1.64 bits per heavy atom. The Morgan fingerprint density at radius 1 is 1.00 bits per heavy atom. The Labute approximate surface area is 137 Å². The summed E-state index contributed by atoms with van der Waals surface area (Å²) in [7, 11) is 0. The molecule has 0 saturated carbocycles. The van der Waals surface area contributed by atoms with Gasteiger partial charge in [-0.15, -0.1) is 0 Å². The number of para-hydroxylation sites is 1. The van der Waals surface area contributed by atoms with Crippen LogP contribution in [0.1, 0.15) is 11.5 Å². The smallest absolute Gasteiger partial charge is 0.410 e. The first-order valence-electron chi connectivity index (χ1n) is 6.90. The normalized spacial score (nSPS) is 17.0. The van der Waals surface area contributed by atoms with Crippen LogP contribution in [0.15, 0.2) is 83.6 Å². The summed E-state index contributed by atoms with van der Waals surface area (Å²) in [4.78, 5) is 13.6. The summed E-state index contributed by atoms with van der Waals surface area (Å²) in [5.74, 6) is 0.637. The van der Waals surface area contributed by atoms with Gasteiger partial charge in [-0.05, 0) is 17.7 Å². The average Bonchev–Trinajstić information content (AvgIpc) is 2.56. The molecule has 2 aromatic rings. The van der Waals surface area contributed by atoms with Gasteiger partial charge in [0.1, 0.15) is 5.75 Å². The number of hydrogen-bond donors (Lipinski definition) is 0. The van der Waals surface area contributed by atoms with Gasteiger partial charge in [-0.3, -0.25) is 4.90 Å². The summed E-state index contributed by atoms with van der Waals surface area (Å²) >= 11 is 3.55. The monoisotopic (exact) mass is 355 g/mol. The second-order valence-corrected chi connectivity index (χ2v) is 5.75. The van der Waals surface area contributed by atoms with Gasteiger partial charge in [0.15, 0.2) is 0 Å². The van der Waals surface area contributed by atoms with Gasteiger partial charge in [0.2, 0.25) is 0 Å². The summed E-state index contributed by atoms with van der Waals surface area (Å²) < 4.78 is 6.22. The Morgan fingerprint density at radius 3 is 2.27 bits per heavy atom. The molecule has 1 amide bonds. The van der Waals surface area contributed by atoms with Crippen molar-refractivity contribution in [3.05, 3.63) is 89.2 Å². The second kappa shape index (κ2) is 6.62. The number of benzene rings is 2. The van der Waals surface area contributed by atoms with E-state index in [1.807, 2.05) is 42.5 Å². The maximum Gasteiger partial charge on any atom is 0.423 e. The standard InChI is InChI=1S/C18H14BrNO2/c19-17-13-20(18(21)22-15-9-5-2-6-10-15)12-11-16(17)14-7-3-1-4-8-14/h1-13,16H. The molecule has 0 bridgehead atoms. The fraction of sp³-hybridized carbons (Fsp3) is 0.0556. The predicted molar refractivity (Wildman–Crippen MR) is 89.6 cm³/mol. The van der Waals surface area contributed by atoms with Crippen molar-refractivity contribution in [1.29, 1.82) is 0 Å². The molecule has 0 fully saturated rings. The zero-order chi connectivity index (χ0) is 15.4. The van der Waals surface area contributed by atoms with Crippen LogP contribution in [-0.4, -0.2) is 11.0 Å². The molecule has 0 spiro atoms. The van der Waals surface area contributed by atoms with Gasteiger partial charge in [-0.2, -0.15) is 0 Å². The molecule has 1 aliphatic rings. The minimum absolute atomic E-state index is 0.113. The third-order valence-corrected chi connectivity index (χ3v) is 4.01. The van der Waals surface area contributed by atoms with Crippen LogP contribution in [0, 0.1) is 0 Å². The third kappa shape index (κ3) is 3.28. The summed E-state index contributed by atoms with van der Waals surface area (Å²) in [6.45, 7) is 0. The van der Waals surface area contributed by atoms with Gasteiger partial charge < -0.3 is 4.74 Å². The van der Waals surface area contributed by atoms with Gasteiger partial charge in [-0.1, -0.05) is 70.5 Å². The first kappa shape index (κ1) is 14.6. The average molecular weight is 356 g/mol. The number of rotatable bonds is 2. The topological polar surface area (TPSA) is 29.5 Å². The van der Waals surface area contributed by atoms with Crippen molar-refractivity contribution >= 4 is 22.0 Å². The first-order valence-corrected chi connectivity index (χ1v) is 7.69. The van der Waals surface area contributed by atoms with E-state index in [-0.39, 0.29) is 5.92 Å². The summed E-state index contributed by atoms with van der Waals surface area (Å²) in [5.41, 5.74) is 1.16. The zero-order valence-electron chi connectivity index (χ0n) is 11.7. The van der Waals surface area contributed by atoms with Crippen molar-refractivity contribution in [2.24, 2.45) is 0 Å². The van der Waals surface area contributed by atoms with E-state index in [1.165, 1.54) is 4.90 Å². The lowest BCUT2D eigenvalue weighted by Crippen LogP contribution is -2.26. The quantitative estimate of drug-likeness (QED) is 0.755.